The van der Waals surface area contributed by atoms with E-state index in [2.05, 4.69) is 26.1 Å². The van der Waals surface area contributed by atoms with Crippen molar-refractivity contribution in [1.82, 2.24) is 5.32 Å². The van der Waals surface area contributed by atoms with Crippen molar-refractivity contribution >= 4 is 0 Å². The van der Waals surface area contributed by atoms with Crippen LogP contribution in [0.2, 0.25) is 0 Å². The summed E-state index contributed by atoms with van der Waals surface area (Å²) < 4.78 is 18.7. The molecule has 0 spiro atoms. The molecule has 1 aromatic rings. The number of rotatable bonds is 8. The lowest BCUT2D eigenvalue weighted by Gasteiger charge is -2.29. The number of hydrogen-bond acceptors (Lipinski definition) is 2. The predicted molar refractivity (Wildman–Crippen MR) is 82.6 cm³/mol. The molecular formula is C17H28FNO. The Kier molecular flexibility index (Phi) is 6.63. The Hall–Kier alpha value is -0.930. The first-order valence-corrected chi connectivity index (χ1v) is 7.41. The molecule has 1 N–H and O–H groups in total. The van der Waals surface area contributed by atoms with E-state index in [1.165, 1.54) is 5.56 Å². The van der Waals surface area contributed by atoms with Crippen molar-refractivity contribution in [3.8, 4) is 0 Å². The van der Waals surface area contributed by atoms with Crippen LogP contribution in [-0.2, 0) is 11.2 Å². The van der Waals surface area contributed by atoms with Gasteiger partial charge in [-0.3, -0.25) is 0 Å². The van der Waals surface area contributed by atoms with Crippen LogP contribution in [0.1, 0.15) is 44.7 Å². The van der Waals surface area contributed by atoms with Gasteiger partial charge in [0.15, 0.2) is 0 Å². The SMILES string of the molecule is CCCNC(Cc1ccc(F)cc1C)CC(C)(C)OC. The van der Waals surface area contributed by atoms with Gasteiger partial charge < -0.3 is 10.1 Å². The van der Waals surface area contributed by atoms with Gasteiger partial charge in [-0.05, 0) is 69.8 Å². The highest BCUT2D eigenvalue weighted by molar-refractivity contribution is 5.27. The van der Waals surface area contributed by atoms with Crippen LogP contribution in [0.25, 0.3) is 0 Å². The zero-order chi connectivity index (χ0) is 15.2. The first kappa shape index (κ1) is 17.1. The van der Waals surface area contributed by atoms with Crippen molar-refractivity contribution in [2.45, 2.75) is 58.6 Å². The molecule has 114 valence electrons. The lowest BCUT2D eigenvalue weighted by Crippen LogP contribution is -2.39. The van der Waals surface area contributed by atoms with E-state index in [0.29, 0.717) is 6.04 Å². The first-order chi connectivity index (χ1) is 9.38. The lowest BCUT2D eigenvalue weighted by atomic mass is 9.92. The Bertz CT molecular complexity index is 417. The molecule has 0 aliphatic rings. The summed E-state index contributed by atoms with van der Waals surface area (Å²) in [5.41, 5.74) is 2.06. The number of ether oxygens (including phenoxy) is 1. The van der Waals surface area contributed by atoms with Gasteiger partial charge in [-0.25, -0.2) is 4.39 Å². The van der Waals surface area contributed by atoms with Gasteiger partial charge in [0.25, 0.3) is 0 Å². The van der Waals surface area contributed by atoms with Crippen LogP contribution in [0.15, 0.2) is 18.2 Å². The molecule has 2 nitrogen and oxygen atoms in total. The number of aryl methyl sites for hydroxylation is 1. The van der Waals surface area contributed by atoms with E-state index in [0.717, 1.165) is 31.4 Å². The first-order valence-electron chi connectivity index (χ1n) is 7.41. The average Bonchev–Trinajstić information content (AvgIpc) is 2.39. The molecule has 1 aromatic carbocycles. The summed E-state index contributed by atoms with van der Waals surface area (Å²) >= 11 is 0. The molecule has 20 heavy (non-hydrogen) atoms. The summed E-state index contributed by atoms with van der Waals surface area (Å²) in [6, 6.07) is 5.38. The maximum Gasteiger partial charge on any atom is 0.123 e. The fraction of sp³-hybridized carbons (Fsp3) is 0.647. The van der Waals surface area contributed by atoms with E-state index in [4.69, 9.17) is 4.74 Å². The van der Waals surface area contributed by atoms with Gasteiger partial charge in [-0.1, -0.05) is 13.0 Å². The number of hydrogen-bond donors (Lipinski definition) is 1. The van der Waals surface area contributed by atoms with Gasteiger partial charge >= 0.3 is 0 Å². The molecule has 1 atom stereocenters. The third kappa shape index (κ3) is 5.59. The van der Waals surface area contributed by atoms with Crippen molar-refractivity contribution in [3.05, 3.63) is 35.1 Å². The van der Waals surface area contributed by atoms with Crippen molar-refractivity contribution in [2.75, 3.05) is 13.7 Å². The van der Waals surface area contributed by atoms with Crippen LogP contribution < -0.4 is 5.32 Å². The smallest absolute Gasteiger partial charge is 0.123 e. The van der Waals surface area contributed by atoms with Gasteiger partial charge in [-0.15, -0.1) is 0 Å². The van der Waals surface area contributed by atoms with Gasteiger partial charge in [0.1, 0.15) is 5.82 Å². The van der Waals surface area contributed by atoms with Crippen LogP contribution in [0.5, 0.6) is 0 Å². The molecule has 0 saturated carbocycles. The minimum absolute atomic E-state index is 0.153. The van der Waals surface area contributed by atoms with Gasteiger partial charge in [-0.2, -0.15) is 0 Å². The fourth-order valence-corrected chi connectivity index (χ4v) is 2.40. The Balaban J connectivity index is 2.77. The van der Waals surface area contributed by atoms with Crippen LogP contribution in [0.4, 0.5) is 4.39 Å². The summed E-state index contributed by atoms with van der Waals surface area (Å²) in [6.45, 7) is 9.33. The second-order valence-corrected chi connectivity index (χ2v) is 6.09. The van der Waals surface area contributed by atoms with Gasteiger partial charge in [0.05, 0.1) is 5.60 Å². The molecule has 0 saturated heterocycles. The van der Waals surface area contributed by atoms with E-state index in [1.807, 2.05) is 13.0 Å². The third-order valence-corrected chi connectivity index (χ3v) is 3.74. The van der Waals surface area contributed by atoms with Crippen molar-refractivity contribution < 1.29 is 9.13 Å². The maximum absolute atomic E-state index is 13.2. The van der Waals surface area contributed by atoms with E-state index >= 15 is 0 Å². The molecule has 0 aliphatic carbocycles. The van der Waals surface area contributed by atoms with Crippen molar-refractivity contribution in [3.63, 3.8) is 0 Å². The van der Waals surface area contributed by atoms with Crippen molar-refractivity contribution in [1.29, 1.82) is 0 Å². The largest absolute Gasteiger partial charge is 0.379 e. The summed E-state index contributed by atoms with van der Waals surface area (Å²) in [7, 11) is 1.75. The number of nitrogens with one attached hydrogen (secondary N) is 1. The quantitative estimate of drug-likeness (QED) is 0.781. The minimum Gasteiger partial charge on any atom is -0.379 e. The second kappa shape index (κ2) is 7.75. The average molecular weight is 281 g/mol. The Morgan fingerprint density at radius 2 is 2.05 bits per heavy atom. The molecule has 0 aliphatic heterocycles. The Morgan fingerprint density at radius 1 is 1.35 bits per heavy atom. The maximum atomic E-state index is 13.2. The van der Waals surface area contributed by atoms with E-state index in [9.17, 15) is 4.39 Å². The monoisotopic (exact) mass is 281 g/mol. The predicted octanol–water partition coefficient (Wildman–Crippen LogP) is 3.86. The molecule has 0 radical (unpaired) electrons. The molecule has 0 aromatic heterocycles. The number of methoxy groups -OCH3 is 1. The highest BCUT2D eigenvalue weighted by atomic mass is 19.1. The molecule has 3 heteroatoms. The summed E-state index contributed by atoms with van der Waals surface area (Å²) in [4.78, 5) is 0. The highest BCUT2D eigenvalue weighted by Gasteiger charge is 2.23. The molecule has 1 rings (SSSR count). The highest BCUT2D eigenvalue weighted by Crippen LogP contribution is 2.20. The normalized spacial score (nSPS) is 13.5. The lowest BCUT2D eigenvalue weighted by molar-refractivity contribution is 0.00713. The van der Waals surface area contributed by atoms with E-state index < -0.39 is 0 Å². The second-order valence-electron chi connectivity index (χ2n) is 6.09. The van der Waals surface area contributed by atoms with Crippen LogP contribution in [0, 0.1) is 12.7 Å². The third-order valence-electron chi connectivity index (χ3n) is 3.74. The standard InChI is InChI=1S/C17H28FNO/c1-6-9-19-16(12-17(3,4)20-5)11-14-7-8-15(18)10-13(14)2/h7-8,10,16,19H,6,9,11-12H2,1-5H3. The van der Waals surface area contributed by atoms with Crippen LogP contribution in [-0.4, -0.2) is 25.3 Å². The molecule has 0 bridgehead atoms. The summed E-state index contributed by atoms with van der Waals surface area (Å²) in [5.74, 6) is -0.165. The topological polar surface area (TPSA) is 21.3 Å². The minimum atomic E-state index is -0.165. The number of benzene rings is 1. The molecule has 0 amide bonds. The van der Waals surface area contributed by atoms with E-state index in [1.54, 1.807) is 19.2 Å². The van der Waals surface area contributed by atoms with Crippen LogP contribution in [0.3, 0.4) is 0 Å². The zero-order valence-corrected chi connectivity index (χ0v) is 13.4. The Labute approximate surface area is 122 Å². The zero-order valence-electron chi connectivity index (χ0n) is 13.4. The molecular weight excluding hydrogens is 253 g/mol. The van der Waals surface area contributed by atoms with Gasteiger partial charge in [0, 0.05) is 13.2 Å². The Morgan fingerprint density at radius 3 is 2.60 bits per heavy atom. The summed E-state index contributed by atoms with van der Waals surface area (Å²) in [6.07, 6.45) is 2.94. The fourth-order valence-electron chi connectivity index (χ4n) is 2.40. The van der Waals surface area contributed by atoms with Gasteiger partial charge in [0.2, 0.25) is 0 Å². The van der Waals surface area contributed by atoms with Crippen LogP contribution >= 0.6 is 0 Å². The summed E-state index contributed by atoms with van der Waals surface area (Å²) in [5, 5.41) is 3.58. The van der Waals surface area contributed by atoms with Crippen molar-refractivity contribution in [2.24, 2.45) is 0 Å². The number of halogens is 1. The molecule has 1 unspecified atom stereocenters. The molecule has 0 heterocycles. The molecule has 0 fully saturated rings. The van der Waals surface area contributed by atoms with E-state index in [-0.39, 0.29) is 11.4 Å².